The molecule has 0 amide bonds. The average Bonchev–Trinajstić information content (AvgIpc) is 2.81. The summed E-state index contributed by atoms with van der Waals surface area (Å²) in [4.78, 5) is 11.8. The van der Waals surface area contributed by atoms with Crippen molar-refractivity contribution in [3.8, 4) is 11.1 Å². The van der Waals surface area contributed by atoms with Crippen LogP contribution in [0.2, 0.25) is 0 Å². The van der Waals surface area contributed by atoms with Gasteiger partial charge in [-0.3, -0.25) is 0 Å². The van der Waals surface area contributed by atoms with Gasteiger partial charge in [-0.2, -0.15) is 0 Å². The number of hydrogen-bond acceptors (Lipinski definition) is 1. The number of benzene rings is 2. The first kappa shape index (κ1) is 25.9. The normalized spacial score (nSPS) is 11.3. The van der Waals surface area contributed by atoms with Crippen LogP contribution in [0.15, 0.2) is 48.5 Å². The van der Waals surface area contributed by atoms with Crippen LogP contribution >= 0.6 is 0 Å². The standard InChI is InChI=1S/C30H42O2/c1-3-5-7-9-11-13-15-17-26-20-23-28(30(31)32)29(24-26)27-21-18-25(19-22-27)16-14-12-10-8-6-4-2/h15,17-24H,3-14,16H2,1-2H3,(H,31,32). The number of aryl methyl sites for hydroxylation is 1. The molecule has 0 fully saturated rings. The lowest BCUT2D eigenvalue weighted by molar-refractivity contribution is 0.0697. The molecule has 1 N–H and O–H groups in total. The molecule has 2 aromatic rings. The molecule has 0 aliphatic heterocycles. The highest BCUT2D eigenvalue weighted by Gasteiger charge is 2.12. The summed E-state index contributed by atoms with van der Waals surface area (Å²) in [5.74, 6) is -0.873. The summed E-state index contributed by atoms with van der Waals surface area (Å²) in [6.45, 7) is 4.49. The first-order valence-electron chi connectivity index (χ1n) is 12.8. The van der Waals surface area contributed by atoms with E-state index >= 15 is 0 Å². The third kappa shape index (κ3) is 9.42. The lowest BCUT2D eigenvalue weighted by atomic mass is 9.95. The van der Waals surface area contributed by atoms with Gasteiger partial charge in [0, 0.05) is 0 Å². The molecule has 0 aliphatic rings. The minimum atomic E-state index is -0.873. The lowest BCUT2D eigenvalue weighted by Gasteiger charge is -2.09. The summed E-state index contributed by atoms with van der Waals surface area (Å²) in [7, 11) is 0. The zero-order chi connectivity index (χ0) is 23.0. The fourth-order valence-electron chi connectivity index (χ4n) is 4.14. The fraction of sp³-hybridized carbons (Fsp3) is 0.500. The maximum atomic E-state index is 11.8. The number of carboxylic acids is 1. The van der Waals surface area contributed by atoms with Crippen LogP contribution in [-0.4, -0.2) is 11.1 Å². The van der Waals surface area contributed by atoms with Gasteiger partial charge in [-0.1, -0.05) is 114 Å². The van der Waals surface area contributed by atoms with E-state index in [0.717, 1.165) is 29.5 Å². The third-order valence-corrected chi connectivity index (χ3v) is 6.14. The first-order chi connectivity index (χ1) is 15.7. The van der Waals surface area contributed by atoms with E-state index in [-0.39, 0.29) is 0 Å². The van der Waals surface area contributed by atoms with Crippen LogP contribution in [-0.2, 0) is 6.42 Å². The van der Waals surface area contributed by atoms with Gasteiger partial charge >= 0.3 is 5.97 Å². The first-order valence-corrected chi connectivity index (χ1v) is 12.8. The molecule has 2 aromatic carbocycles. The van der Waals surface area contributed by atoms with Crippen molar-refractivity contribution in [2.24, 2.45) is 0 Å². The smallest absolute Gasteiger partial charge is 0.336 e. The van der Waals surface area contributed by atoms with Gasteiger partial charge < -0.3 is 5.11 Å². The van der Waals surface area contributed by atoms with Gasteiger partial charge in [0.15, 0.2) is 0 Å². The molecule has 0 spiro atoms. The van der Waals surface area contributed by atoms with Crippen molar-refractivity contribution >= 4 is 12.0 Å². The van der Waals surface area contributed by atoms with Crippen molar-refractivity contribution in [1.82, 2.24) is 0 Å². The zero-order valence-electron chi connectivity index (χ0n) is 20.2. The number of unbranched alkanes of at least 4 members (excludes halogenated alkanes) is 10. The van der Waals surface area contributed by atoms with Gasteiger partial charge in [0.05, 0.1) is 5.56 Å². The van der Waals surface area contributed by atoms with E-state index in [1.807, 2.05) is 12.1 Å². The number of aromatic carboxylic acids is 1. The molecular weight excluding hydrogens is 392 g/mol. The molecule has 0 atom stereocenters. The number of hydrogen-bond donors (Lipinski definition) is 1. The highest BCUT2D eigenvalue weighted by molar-refractivity contribution is 5.96. The van der Waals surface area contributed by atoms with E-state index in [4.69, 9.17) is 0 Å². The van der Waals surface area contributed by atoms with E-state index in [2.05, 4.69) is 50.3 Å². The Morgan fingerprint density at radius 3 is 2.06 bits per heavy atom. The van der Waals surface area contributed by atoms with E-state index in [1.54, 1.807) is 6.07 Å². The maximum Gasteiger partial charge on any atom is 0.336 e. The van der Waals surface area contributed by atoms with Crippen LogP contribution in [0.4, 0.5) is 0 Å². The van der Waals surface area contributed by atoms with E-state index in [0.29, 0.717) is 5.56 Å². The van der Waals surface area contributed by atoms with Crippen LogP contribution in [0.25, 0.3) is 17.2 Å². The molecular formula is C30H42O2. The topological polar surface area (TPSA) is 37.3 Å². The van der Waals surface area contributed by atoms with Crippen LogP contribution in [0.5, 0.6) is 0 Å². The lowest BCUT2D eigenvalue weighted by Crippen LogP contribution is -2.00. The van der Waals surface area contributed by atoms with Crippen molar-refractivity contribution < 1.29 is 9.90 Å². The summed E-state index contributed by atoms with van der Waals surface area (Å²) < 4.78 is 0. The molecule has 0 heterocycles. The van der Waals surface area contributed by atoms with Gasteiger partial charge in [-0.25, -0.2) is 4.79 Å². The monoisotopic (exact) mass is 434 g/mol. The van der Waals surface area contributed by atoms with Gasteiger partial charge in [0.25, 0.3) is 0 Å². The van der Waals surface area contributed by atoms with Gasteiger partial charge in [0.2, 0.25) is 0 Å². The molecule has 0 saturated heterocycles. The summed E-state index contributed by atoms with van der Waals surface area (Å²) in [5.41, 5.74) is 4.54. The molecule has 32 heavy (non-hydrogen) atoms. The molecule has 0 bridgehead atoms. The van der Waals surface area contributed by atoms with Gasteiger partial charge in [-0.15, -0.1) is 0 Å². The fourth-order valence-corrected chi connectivity index (χ4v) is 4.14. The van der Waals surface area contributed by atoms with E-state index in [9.17, 15) is 9.90 Å². The Morgan fingerprint density at radius 2 is 1.41 bits per heavy atom. The number of carbonyl (C=O) groups is 1. The minimum absolute atomic E-state index is 0.366. The van der Waals surface area contributed by atoms with Crippen LogP contribution in [0.1, 0.15) is 112 Å². The highest BCUT2D eigenvalue weighted by Crippen LogP contribution is 2.27. The second-order valence-electron chi connectivity index (χ2n) is 8.93. The molecule has 0 unspecified atom stereocenters. The summed E-state index contributed by atoms with van der Waals surface area (Å²) in [5, 5.41) is 9.68. The maximum absolute atomic E-state index is 11.8. The van der Waals surface area contributed by atoms with Crippen molar-refractivity contribution in [3.63, 3.8) is 0 Å². The molecule has 0 aliphatic carbocycles. The van der Waals surface area contributed by atoms with Crippen LogP contribution < -0.4 is 0 Å². The Hall–Kier alpha value is -2.35. The van der Waals surface area contributed by atoms with Crippen molar-refractivity contribution in [1.29, 1.82) is 0 Å². The number of carboxylic acid groups (broad SMARTS) is 1. The highest BCUT2D eigenvalue weighted by atomic mass is 16.4. The van der Waals surface area contributed by atoms with Gasteiger partial charge in [-0.05, 0) is 60.1 Å². The Morgan fingerprint density at radius 1 is 0.781 bits per heavy atom. The predicted octanol–water partition coefficient (Wildman–Crippen LogP) is 9.33. The summed E-state index contributed by atoms with van der Waals surface area (Å²) in [6, 6.07) is 14.1. The minimum Gasteiger partial charge on any atom is -0.478 e. The molecule has 2 nitrogen and oxygen atoms in total. The Balaban J connectivity index is 1.99. The van der Waals surface area contributed by atoms with Crippen molar-refractivity contribution in [2.75, 3.05) is 0 Å². The third-order valence-electron chi connectivity index (χ3n) is 6.14. The SMILES string of the molecule is CCCCCCCC=Cc1ccc(C(=O)O)c(-c2ccc(CCCCCCCC)cc2)c1. The number of allylic oxidation sites excluding steroid dienone is 1. The largest absolute Gasteiger partial charge is 0.478 e. The zero-order valence-corrected chi connectivity index (χ0v) is 20.2. The number of rotatable bonds is 16. The van der Waals surface area contributed by atoms with E-state index < -0.39 is 5.97 Å². The summed E-state index contributed by atoms with van der Waals surface area (Å²) in [6.07, 6.45) is 20.7. The molecule has 2 rings (SSSR count). The van der Waals surface area contributed by atoms with Crippen molar-refractivity contribution in [3.05, 3.63) is 65.2 Å². The predicted molar refractivity (Wildman–Crippen MR) is 138 cm³/mol. The molecule has 0 radical (unpaired) electrons. The average molecular weight is 435 g/mol. The molecule has 2 heteroatoms. The Bertz CT molecular complexity index is 817. The second kappa shape index (κ2) is 15.5. The molecule has 0 saturated carbocycles. The quantitative estimate of drug-likeness (QED) is 0.267. The van der Waals surface area contributed by atoms with Crippen LogP contribution in [0, 0.1) is 0 Å². The Kier molecular flexibility index (Phi) is 12.5. The second-order valence-corrected chi connectivity index (χ2v) is 8.93. The van der Waals surface area contributed by atoms with Crippen molar-refractivity contribution in [2.45, 2.75) is 97.3 Å². The molecule has 174 valence electrons. The van der Waals surface area contributed by atoms with E-state index in [1.165, 1.54) is 76.2 Å². The Labute approximate surface area is 195 Å². The van der Waals surface area contributed by atoms with Crippen LogP contribution in [0.3, 0.4) is 0 Å². The molecule has 0 aromatic heterocycles. The summed E-state index contributed by atoms with van der Waals surface area (Å²) >= 11 is 0. The van der Waals surface area contributed by atoms with Gasteiger partial charge in [0.1, 0.15) is 0 Å².